The zero-order chi connectivity index (χ0) is 13.2. The number of nitrogens with one attached hydrogen (secondary N) is 1. The van der Waals surface area contributed by atoms with E-state index in [1.165, 1.54) is 7.05 Å². The van der Waals surface area contributed by atoms with E-state index in [4.69, 9.17) is 0 Å². The highest BCUT2D eigenvalue weighted by Gasteiger charge is 2.36. The minimum atomic E-state index is -4.71. The molecule has 0 saturated carbocycles. The molecule has 94 valence electrons. The highest BCUT2D eigenvalue weighted by molar-refractivity contribution is 9.10. The van der Waals surface area contributed by atoms with E-state index >= 15 is 0 Å². The van der Waals surface area contributed by atoms with Crippen molar-refractivity contribution in [2.24, 2.45) is 0 Å². The van der Waals surface area contributed by atoms with Crippen molar-refractivity contribution in [1.82, 2.24) is 5.32 Å². The predicted molar refractivity (Wildman–Crippen MR) is 59.1 cm³/mol. The molecule has 1 aromatic rings. The van der Waals surface area contributed by atoms with Gasteiger partial charge >= 0.3 is 6.18 Å². The smallest absolute Gasteiger partial charge is 0.420 e. The topological polar surface area (TPSA) is 49.3 Å². The van der Waals surface area contributed by atoms with E-state index in [1.54, 1.807) is 0 Å². The SMILES string of the molecule is CNCC(=O)c1cc(Br)cc(C(F)(F)F)c1O. The third-order valence-electron chi connectivity index (χ3n) is 2.02. The fraction of sp³-hybridized carbons (Fsp3) is 0.300. The van der Waals surface area contributed by atoms with Crippen LogP contribution in [0.15, 0.2) is 16.6 Å². The van der Waals surface area contributed by atoms with Crippen LogP contribution in [0, 0.1) is 0 Å². The molecule has 1 aromatic carbocycles. The standard InChI is InChI=1S/C10H9BrF3NO2/c1-15-4-8(16)6-2-5(11)3-7(9(6)17)10(12,13)14/h2-3,15,17H,4H2,1H3. The first-order chi connectivity index (χ1) is 7.77. The van der Waals surface area contributed by atoms with Crippen LogP contribution in [0.3, 0.4) is 0 Å². The van der Waals surface area contributed by atoms with Crippen LogP contribution >= 0.6 is 15.9 Å². The molecule has 0 saturated heterocycles. The summed E-state index contributed by atoms with van der Waals surface area (Å²) in [6.45, 7) is -0.151. The lowest BCUT2D eigenvalue weighted by molar-refractivity contribution is -0.138. The Morgan fingerprint density at radius 3 is 2.53 bits per heavy atom. The molecule has 0 aliphatic carbocycles. The fourth-order valence-electron chi connectivity index (χ4n) is 1.28. The molecule has 0 bridgehead atoms. The first-order valence-electron chi connectivity index (χ1n) is 4.55. The molecule has 7 heteroatoms. The molecule has 0 aliphatic rings. The number of benzene rings is 1. The molecule has 17 heavy (non-hydrogen) atoms. The van der Waals surface area contributed by atoms with Crippen LogP contribution in [-0.4, -0.2) is 24.5 Å². The van der Waals surface area contributed by atoms with Crippen molar-refractivity contribution in [3.8, 4) is 5.75 Å². The van der Waals surface area contributed by atoms with Crippen LogP contribution in [0.1, 0.15) is 15.9 Å². The van der Waals surface area contributed by atoms with Crippen LogP contribution in [0.5, 0.6) is 5.75 Å². The summed E-state index contributed by atoms with van der Waals surface area (Å²) in [6.07, 6.45) is -4.71. The summed E-state index contributed by atoms with van der Waals surface area (Å²) in [6, 6.07) is 1.88. The number of phenols is 1. The Morgan fingerprint density at radius 1 is 1.47 bits per heavy atom. The van der Waals surface area contributed by atoms with Gasteiger partial charge < -0.3 is 10.4 Å². The molecule has 0 radical (unpaired) electrons. The number of carbonyl (C=O) groups excluding carboxylic acids is 1. The van der Waals surface area contributed by atoms with Gasteiger partial charge in [0.25, 0.3) is 0 Å². The van der Waals surface area contributed by atoms with Crippen LogP contribution in [0.4, 0.5) is 13.2 Å². The minimum Gasteiger partial charge on any atom is -0.507 e. The third-order valence-corrected chi connectivity index (χ3v) is 2.48. The van der Waals surface area contributed by atoms with Gasteiger partial charge in [0.1, 0.15) is 5.75 Å². The highest BCUT2D eigenvalue weighted by Crippen LogP contribution is 2.39. The number of carbonyl (C=O) groups is 1. The first kappa shape index (κ1) is 14.0. The maximum atomic E-state index is 12.6. The Hall–Kier alpha value is -1.08. The molecule has 0 heterocycles. The molecular formula is C10H9BrF3NO2. The third kappa shape index (κ3) is 3.19. The van der Waals surface area contributed by atoms with Gasteiger partial charge in [0, 0.05) is 4.47 Å². The van der Waals surface area contributed by atoms with Gasteiger partial charge in [-0.05, 0) is 19.2 Å². The first-order valence-corrected chi connectivity index (χ1v) is 5.34. The summed E-state index contributed by atoms with van der Waals surface area (Å²) in [5, 5.41) is 12.0. The Morgan fingerprint density at radius 2 is 2.06 bits per heavy atom. The molecule has 0 atom stereocenters. The van der Waals surface area contributed by atoms with Crippen LogP contribution in [0.2, 0.25) is 0 Å². The van der Waals surface area contributed by atoms with Crippen LogP contribution in [0.25, 0.3) is 0 Å². The van der Waals surface area contributed by atoms with E-state index in [0.29, 0.717) is 0 Å². The average molecular weight is 312 g/mol. The summed E-state index contributed by atoms with van der Waals surface area (Å²) < 4.78 is 37.7. The lowest BCUT2D eigenvalue weighted by Gasteiger charge is -2.12. The van der Waals surface area contributed by atoms with Crippen molar-refractivity contribution in [2.75, 3.05) is 13.6 Å². The van der Waals surface area contributed by atoms with Crippen molar-refractivity contribution in [3.63, 3.8) is 0 Å². The van der Waals surface area contributed by atoms with Crippen molar-refractivity contribution >= 4 is 21.7 Å². The molecule has 0 amide bonds. The average Bonchev–Trinajstić information content (AvgIpc) is 2.19. The molecule has 0 aliphatic heterocycles. The van der Waals surface area contributed by atoms with Crippen LogP contribution < -0.4 is 5.32 Å². The van der Waals surface area contributed by atoms with Gasteiger partial charge in [0.15, 0.2) is 5.78 Å². The molecule has 1 rings (SSSR count). The van der Waals surface area contributed by atoms with Gasteiger partial charge in [-0.2, -0.15) is 13.2 Å². The second-order valence-corrected chi connectivity index (χ2v) is 4.22. The number of hydrogen-bond donors (Lipinski definition) is 2. The van der Waals surface area contributed by atoms with Gasteiger partial charge in [0.2, 0.25) is 0 Å². The van der Waals surface area contributed by atoms with E-state index in [1.807, 2.05) is 0 Å². The van der Waals surface area contributed by atoms with E-state index in [-0.39, 0.29) is 16.6 Å². The van der Waals surface area contributed by atoms with E-state index in [2.05, 4.69) is 21.2 Å². The Kier molecular flexibility index (Phi) is 4.16. The molecule has 0 aromatic heterocycles. The van der Waals surface area contributed by atoms with E-state index < -0.39 is 23.3 Å². The number of aromatic hydroxyl groups is 1. The number of Topliss-reactive ketones (excluding diaryl/α,β-unsaturated/α-hetero) is 1. The molecule has 2 N–H and O–H groups in total. The summed E-state index contributed by atoms with van der Waals surface area (Å²) in [5.41, 5.74) is -1.59. The van der Waals surface area contributed by atoms with Gasteiger partial charge in [-0.3, -0.25) is 4.79 Å². The van der Waals surface area contributed by atoms with E-state index in [9.17, 15) is 23.1 Å². The predicted octanol–water partition coefficient (Wildman–Crippen LogP) is 2.58. The van der Waals surface area contributed by atoms with E-state index in [0.717, 1.165) is 12.1 Å². The minimum absolute atomic E-state index is 0.0853. The van der Waals surface area contributed by atoms with Crippen molar-refractivity contribution in [3.05, 3.63) is 27.7 Å². The van der Waals surface area contributed by atoms with Gasteiger partial charge in [-0.1, -0.05) is 15.9 Å². The number of alkyl halides is 3. The number of ketones is 1. The fourth-order valence-corrected chi connectivity index (χ4v) is 1.74. The highest BCUT2D eigenvalue weighted by atomic mass is 79.9. The maximum Gasteiger partial charge on any atom is 0.420 e. The molecule has 3 nitrogen and oxygen atoms in total. The lowest BCUT2D eigenvalue weighted by atomic mass is 10.0. The largest absolute Gasteiger partial charge is 0.507 e. The number of phenolic OH excluding ortho intramolecular Hbond substituents is 1. The lowest BCUT2D eigenvalue weighted by Crippen LogP contribution is -2.19. The second-order valence-electron chi connectivity index (χ2n) is 3.30. The molecule has 0 unspecified atom stereocenters. The molecular weight excluding hydrogens is 303 g/mol. The van der Waals surface area contributed by atoms with Gasteiger partial charge in [-0.15, -0.1) is 0 Å². The zero-order valence-corrected chi connectivity index (χ0v) is 10.3. The summed E-state index contributed by atoms with van der Waals surface area (Å²) in [7, 11) is 1.48. The van der Waals surface area contributed by atoms with Gasteiger partial charge in [0.05, 0.1) is 17.7 Å². The molecule has 0 fully saturated rings. The second kappa shape index (κ2) is 5.05. The Balaban J connectivity index is 3.34. The summed E-state index contributed by atoms with van der Waals surface area (Å²) >= 11 is 2.88. The number of halogens is 4. The summed E-state index contributed by atoms with van der Waals surface area (Å²) in [4.78, 5) is 11.5. The van der Waals surface area contributed by atoms with Crippen LogP contribution in [-0.2, 0) is 6.18 Å². The number of likely N-dealkylation sites (N-methyl/N-ethyl adjacent to an activating group) is 1. The van der Waals surface area contributed by atoms with Crippen molar-refractivity contribution in [1.29, 1.82) is 0 Å². The quantitative estimate of drug-likeness (QED) is 0.844. The molecule has 0 spiro atoms. The van der Waals surface area contributed by atoms with Gasteiger partial charge in [-0.25, -0.2) is 0 Å². The maximum absolute atomic E-state index is 12.6. The summed E-state index contributed by atoms with van der Waals surface area (Å²) in [5.74, 6) is -1.65. The number of rotatable bonds is 3. The Labute approximate surface area is 104 Å². The Bertz CT molecular complexity index is 446. The monoisotopic (exact) mass is 311 g/mol. The van der Waals surface area contributed by atoms with Crippen molar-refractivity contribution in [2.45, 2.75) is 6.18 Å². The van der Waals surface area contributed by atoms with Crippen molar-refractivity contribution < 1.29 is 23.1 Å². The number of hydrogen-bond acceptors (Lipinski definition) is 3. The zero-order valence-electron chi connectivity index (χ0n) is 8.73. The normalized spacial score (nSPS) is 11.6.